The maximum atomic E-state index is 5.64. The van der Waals surface area contributed by atoms with Gasteiger partial charge in [0.1, 0.15) is 0 Å². The maximum Gasteiger partial charge on any atom is 0.204 e. The molecule has 5 nitrogen and oxygen atoms in total. The second kappa shape index (κ2) is 4.63. The topological polar surface area (TPSA) is 80.5 Å². The minimum Gasteiger partial charge on any atom is -0.330 e. The average Bonchev–Trinajstić information content (AvgIpc) is 2.82. The van der Waals surface area contributed by atoms with Gasteiger partial charge < -0.3 is 5.73 Å². The molecule has 0 aliphatic rings. The van der Waals surface area contributed by atoms with Crippen molar-refractivity contribution in [2.75, 3.05) is 6.54 Å². The first-order valence-electron chi connectivity index (χ1n) is 5.68. The summed E-state index contributed by atoms with van der Waals surface area (Å²) >= 11 is 0. The summed E-state index contributed by atoms with van der Waals surface area (Å²) in [6.45, 7) is 5.06. The van der Waals surface area contributed by atoms with Crippen LogP contribution < -0.4 is 5.73 Å². The van der Waals surface area contributed by atoms with Crippen molar-refractivity contribution in [3.63, 3.8) is 0 Å². The fraction of sp³-hybridized carbons (Fsp3) is 0.417. The maximum absolute atomic E-state index is 5.64. The van der Waals surface area contributed by atoms with E-state index in [4.69, 9.17) is 5.73 Å². The summed E-state index contributed by atoms with van der Waals surface area (Å²) in [4.78, 5) is 0. The molecule has 1 aromatic carbocycles. The summed E-state index contributed by atoms with van der Waals surface area (Å²) in [6.07, 6.45) is 0.947. The van der Waals surface area contributed by atoms with E-state index in [0.717, 1.165) is 12.0 Å². The minimum atomic E-state index is 0.0640. The third kappa shape index (κ3) is 2.50. The predicted octanol–water partition coefficient (Wildman–Crippen LogP) is 1.49. The number of aromatic nitrogens is 4. The van der Waals surface area contributed by atoms with E-state index >= 15 is 0 Å². The van der Waals surface area contributed by atoms with Gasteiger partial charge in [-0.3, -0.25) is 0 Å². The van der Waals surface area contributed by atoms with Crippen LogP contribution in [0.4, 0.5) is 0 Å². The lowest BCUT2D eigenvalue weighted by Gasteiger charge is -2.24. The van der Waals surface area contributed by atoms with E-state index in [1.807, 2.05) is 12.1 Å². The predicted molar refractivity (Wildman–Crippen MR) is 66.3 cm³/mol. The molecule has 1 heterocycles. The Balaban J connectivity index is 2.35. The quantitative estimate of drug-likeness (QED) is 0.835. The Morgan fingerprint density at radius 2 is 2.18 bits per heavy atom. The Kier molecular flexibility index (Phi) is 3.19. The molecule has 0 saturated heterocycles. The van der Waals surface area contributed by atoms with Crippen molar-refractivity contribution in [3.05, 3.63) is 29.8 Å². The van der Waals surface area contributed by atoms with Gasteiger partial charge >= 0.3 is 0 Å². The van der Waals surface area contributed by atoms with Gasteiger partial charge in [0.25, 0.3) is 0 Å². The lowest BCUT2D eigenvalue weighted by molar-refractivity contribution is 0.488. The number of benzene rings is 1. The summed E-state index contributed by atoms with van der Waals surface area (Å²) in [5.41, 5.74) is 7.92. The highest BCUT2D eigenvalue weighted by molar-refractivity contribution is 5.55. The molecule has 0 aliphatic heterocycles. The van der Waals surface area contributed by atoms with E-state index in [9.17, 15) is 0 Å². The van der Waals surface area contributed by atoms with Gasteiger partial charge in [-0.1, -0.05) is 32.0 Å². The molecule has 0 amide bonds. The number of hydrogen-bond donors (Lipinski definition) is 2. The number of nitrogens with two attached hydrogens (primary N) is 1. The van der Waals surface area contributed by atoms with Gasteiger partial charge in [0, 0.05) is 5.56 Å². The van der Waals surface area contributed by atoms with Crippen molar-refractivity contribution >= 4 is 0 Å². The summed E-state index contributed by atoms with van der Waals surface area (Å²) in [6, 6.07) is 8.20. The van der Waals surface area contributed by atoms with E-state index in [1.165, 1.54) is 5.56 Å². The molecular formula is C12H17N5. The van der Waals surface area contributed by atoms with Gasteiger partial charge in [0.15, 0.2) is 0 Å². The first-order chi connectivity index (χ1) is 8.13. The van der Waals surface area contributed by atoms with Gasteiger partial charge in [-0.2, -0.15) is 5.21 Å². The van der Waals surface area contributed by atoms with Crippen molar-refractivity contribution < 1.29 is 0 Å². The molecule has 0 aliphatic carbocycles. The average molecular weight is 231 g/mol. The lowest BCUT2D eigenvalue weighted by Crippen LogP contribution is -2.21. The first-order valence-corrected chi connectivity index (χ1v) is 5.68. The molecule has 1 aromatic heterocycles. The Hall–Kier alpha value is -1.75. The monoisotopic (exact) mass is 231 g/mol. The fourth-order valence-corrected chi connectivity index (χ4v) is 1.87. The van der Waals surface area contributed by atoms with E-state index in [2.05, 4.69) is 46.6 Å². The normalized spacial score (nSPS) is 11.7. The minimum absolute atomic E-state index is 0.0640. The second-order valence-corrected chi connectivity index (χ2v) is 4.74. The van der Waals surface area contributed by atoms with Crippen LogP contribution in [0.3, 0.4) is 0 Å². The SMILES string of the molecule is CC(C)(CCN)c1cccc(-c2nn[nH]n2)c1. The van der Waals surface area contributed by atoms with Crippen LogP contribution in [0.5, 0.6) is 0 Å². The number of tetrazole rings is 1. The van der Waals surface area contributed by atoms with Gasteiger partial charge in [-0.05, 0) is 35.2 Å². The van der Waals surface area contributed by atoms with Crippen LogP contribution in [0.25, 0.3) is 11.4 Å². The van der Waals surface area contributed by atoms with Crippen molar-refractivity contribution in [2.45, 2.75) is 25.7 Å². The van der Waals surface area contributed by atoms with Gasteiger partial charge in [-0.15, -0.1) is 10.2 Å². The molecule has 90 valence electrons. The van der Waals surface area contributed by atoms with Crippen molar-refractivity contribution in [1.82, 2.24) is 20.6 Å². The van der Waals surface area contributed by atoms with Gasteiger partial charge in [-0.25, -0.2) is 0 Å². The molecule has 0 bridgehead atoms. The van der Waals surface area contributed by atoms with Crippen LogP contribution in [0, 0.1) is 0 Å². The second-order valence-electron chi connectivity index (χ2n) is 4.74. The van der Waals surface area contributed by atoms with Gasteiger partial charge in [0.05, 0.1) is 0 Å². The summed E-state index contributed by atoms with van der Waals surface area (Å²) in [7, 11) is 0. The van der Waals surface area contributed by atoms with Crippen LogP contribution in [0.1, 0.15) is 25.8 Å². The Bertz CT molecular complexity index is 475. The van der Waals surface area contributed by atoms with Crippen LogP contribution in [0.15, 0.2) is 24.3 Å². The summed E-state index contributed by atoms with van der Waals surface area (Å²) in [5, 5.41) is 14.0. The zero-order valence-corrected chi connectivity index (χ0v) is 10.1. The molecule has 3 N–H and O–H groups in total. The van der Waals surface area contributed by atoms with Crippen LogP contribution in [0.2, 0.25) is 0 Å². The summed E-state index contributed by atoms with van der Waals surface area (Å²) in [5.74, 6) is 0.621. The number of aromatic amines is 1. The first kappa shape index (κ1) is 11.7. The molecule has 0 fully saturated rings. The van der Waals surface area contributed by atoms with Crippen LogP contribution in [-0.4, -0.2) is 27.2 Å². The number of hydrogen-bond acceptors (Lipinski definition) is 4. The molecule has 0 unspecified atom stereocenters. The molecule has 5 heteroatoms. The van der Waals surface area contributed by atoms with Crippen LogP contribution >= 0.6 is 0 Å². The van der Waals surface area contributed by atoms with Crippen LogP contribution in [-0.2, 0) is 5.41 Å². The number of nitrogens with one attached hydrogen (secondary N) is 1. The van der Waals surface area contributed by atoms with E-state index < -0.39 is 0 Å². The Morgan fingerprint density at radius 1 is 1.35 bits per heavy atom. The Morgan fingerprint density at radius 3 is 2.82 bits per heavy atom. The molecule has 0 radical (unpaired) electrons. The molecule has 0 saturated carbocycles. The van der Waals surface area contributed by atoms with E-state index in [-0.39, 0.29) is 5.41 Å². The van der Waals surface area contributed by atoms with Gasteiger partial charge in [0.2, 0.25) is 5.82 Å². The van der Waals surface area contributed by atoms with Crippen molar-refractivity contribution in [2.24, 2.45) is 5.73 Å². The third-order valence-electron chi connectivity index (χ3n) is 3.02. The molecule has 0 spiro atoms. The molecule has 0 atom stereocenters. The van der Waals surface area contributed by atoms with Crippen molar-refractivity contribution in [1.29, 1.82) is 0 Å². The van der Waals surface area contributed by atoms with E-state index in [1.54, 1.807) is 0 Å². The third-order valence-corrected chi connectivity index (χ3v) is 3.02. The highest BCUT2D eigenvalue weighted by atomic mass is 15.5. The zero-order valence-electron chi connectivity index (χ0n) is 10.1. The molecule has 17 heavy (non-hydrogen) atoms. The number of rotatable bonds is 4. The fourth-order valence-electron chi connectivity index (χ4n) is 1.87. The standard InChI is InChI=1S/C12H17N5/c1-12(2,6-7-13)10-5-3-4-9(8-10)11-14-16-17-15-11/h3-5,8H,6-7,13H2,1-2H3,(H,14,15,16,17). The molecular weight excluding hydrogens is 214 g/mol. The lowest BCUT2D eigenvalue weighted by atomic mass is 9.81. The number of H-pyrrole nitrogens is 1. The highest BCUT2D eigenvalue weighted by Crippen LogP contribution is 2.28. The largest absolute Gasteiger partial charge is 0.330 e. The molecule has 2 aromatic rings. The Labute approximate surface area is 100 Å². The smallest absolute Gasteiger partial charge is 0.204 e. The highest BCUT2D eigenvalue weighted by Gasteiger charge is 2.20. The van der Waals surface area contributed by atoms with E-state index in [0.29, 0.717) is 12.4 Å². The summed E-state index contributed by atoms with van der Waals surface area (Å²) < 4.78 is 0. The molecule has 2 rings (SSSR count). The number of nitrogens with zero attached hydrogens (tertiary/aromatic N) is 3. The zero-order chi connectivity index (χ0) is 12.3. The van der Waals surface area contributed by atoms with Crippen molar-refractivity contribution in [3.8, 4) is 11.4 Å².